The van der Waals surface area contributed by atoms with Crippen LogP contribution in [0.25, 0.3) is 38.7 Å². The van der Waals surface area contributed by atoms with Crippen LogP contribution in [0.2, 0.25) is 0 Å². The van der Waals surface area contributed by atoms with Gasteiger partial charge in [0, 0.05) is 31.2 Å². The summed E-state index contributed by atoms with van der Waals surface area (Å²) < 4.78 is 2.34. The number of aromatic nitrogens is 3. The van der Waals surface area contributed by atoms with E-state index in [9.17, 15) is 0 Å². The van der Waals surface area contributed by atoms with Crippen LogP contribution < -0.4 is 0 Å². The molecule has 5 aromatic rings. The Kier molecular flexibility index (Phi) is 6.67. The Balaban J connectivity index is 0.00000240. The molecule has 2 aromatic heterocycles. The minimum Gasteiger partial charge on any atom is -0.316 e. The minimum atomic E-state index is 0. The number of hydrogen-bond acceptors (Lipinski definition) is 2. The molecule has 2 aliphatic carbocycles. The smallest absolute Gasteiger partial charge is 0.160 e. The fourth-order valence-electron chi connectivity index (χ4n) is 6.93. The molecule has 0 atom stereocenters. The van der Waals surface area contributed by atoms with Crippen LogP contribution in [0.1, 0.15) is 87.2 Å². The van der Waals surface area contributed by atoms with E-state index in [2.05, 4.69) is 65.1 Å². The van der Waals surface area contributed by atoms with Gasteiger partial charge in [-0.15, -0.1) is 29.4 Å². The number of fused-ring (bicyclic) bond motifs is 6. The third-order valence-corrected chi connectivity index (χ3v) is 8.62. The second-order valence-electron chi connectivity index (χ2n) is 10.6. The van der Waals surface area contributed by atoms with E-state index in [0.29, 0.717) is 11.8 Å². The van der Waals surface area contributed by atoms with Crippen molar-refractivity contribution in [3.63, 3.8) is 0 Å². The molecule has 2 aliphatic rings. The molecule has 185 valence electrons. The Labute approximate surface area is 226 Å². The minimum absolute atomic E-state index is 0. The van der Waals surface area contributed by atoms with Gasteiger partial charge >= 0.3 is 0 Å². The Bertz CT molecular complexity index is 1490. The molecule has 36 heavy (non-hydrogen) atoms. The van der Waals surface area contributed by atoms with E-state index in [4.69, 9.17) is 10.2 Å². The van der Waals surface area contributed by atoms with Crippen molar-refractivity contribution >= 4 is 27.3 Å². The zero-order valence-electron chi connectivity index (χ0n) is 20.7. The number of nitrogens with zero attached hydrogens (tertiary/aromatic N) is 3. The van der Waals surface area contributed by atoms with Crippen LogP contribution >= 0.6 is 0 Å². The number of rotatable bonds is 3. The van der Waals surface area contributed by atoms with Gasteiger partial charge in [0.2, 0.25) is 0 Å². The summed E-state index contributed by atoms with van der Waals surface area (Å²) in [6, 6.07) is 25.6. The normalized spacial score (nSPS) is 17.6. The van der Waals surface area contributed by atoms with Crippen LogP contribution in [0.15, 0.2) is 60.7 Å². The van der Waals surface area contributed by atoms with E-state index in [0.717, 1.165) is 16.9 Å². The molecule has 7 rings (SSSR count). The maximum atomic E-state index is 4.97. The average molecular weight is 651 g/mol. The van der Waals surface area contributed by atoms with E-state index in [1.54, 1.807) is 0 Å². The molecule has 0 amide bonds. The topological polar surface area (TPSA) is 30.2 Å². The second-order valence-corrected chi connectivity index (χ2v) is 10.6. The third kappa shape index (κ3) is 3.90. The van der Waals surface area contributed by atoms with Gasteiger partial charge in [-0.1, -0.05) is 85.7 Å². The van der Waals surface area contributed by atoms with Crippen molar-refractivity contribution < 1.29 is 20.1 Å². The third-order valence-electron chi connectivity index (χ3n) is 8.62. The molecule has 0 unspecified atom stereocenters. The number of para-hydroxylation sites is 1. The quantitative estimate of drug-likeness (QED) is 0.145. The van der Waals surface area contributed by atoms with Crippen molar-refractivity contribution in [2.24, 2.45) is 0 Å². The number of hydrogen-bond donors (Lipinski definition) is 0. The van der Waals surface area contributed by atoms with Crippen LogP contribution in [0, 0.1) is 6.07 Å². The molecule has 0 bridgehead atoms. The van der Waals surface area contributed by atoms with Gasteiger partial charge in [-0.25, -0.2) is 0 Å². The van der Waals surface area contributed by atoms with E-state index in [-0.39, 0.29) is 20.1 Å². The Morgan fingerprint density at radius 2 is 1.31 bits per heavy atom. The van der Waals surface area contributed by atoms with Gasteiger partial charge in [0.1, 0.15) is 0 Å². The molecule has 0 saturated heterocycles. The summed E-state index contributed by atoms with van der Waals surface area (Å²) in [7, 11) is 0. The van der Waals surface area contributed by atoms with Gasteiger partial charge in [0.15, 0.2) is 5.82 Å². The van der Waals surface area contributed by atoms with Gasteiger partial charge in [0.05, 0.1) is 5.65 Å². The zero-order chi connectivity index (χ0) is 23.2. The fraction of sp³-hybridized carbons (Fsp3) is 0.375. The monoisotopic (exact) mass is 651 g/mol. The van der Waals surface area contributed by atoms with Gasteiger partial charge in [0.25, 0.3) is 0 Å². The maximum Gasteiger partial charge on any atom is 0.160 e. The first-order chi connectivity index (χ1) is 17.4. The van der Waals surface area contributed by atoms with E-state index >= 15 is 0 Å². The van der Waals surface area contributed by atoms with Gasteiger partial charge in [-0.05, 0) is 60.1 Å². The molecule has 3 aromatic carbocycles. The van der Waals surface area contributed by atoms with E-state index < -0.39 is 0 Å². The first-order valence-corrected chi connectivity index (χ1v) is 13.6. The summed E-state index contributed by atoms with van der Waals surface area (Å²) in [5.41, 5.74) is 6.48. The average Bonchev–Trinajstić information content (AvgIpc) is 3.39. The SMILES string of the molecule is [Ir].[c-]1cccc2c1c1nnc(-c3c(C4CCCCC4)cccc3C3CCCCC3)n1c1ccccc21. The van der Waals surface area contributed by atoms with Crippen molar-refractivity contribution in [1.82, 2.24) is 14.6 Å². The Hall–Kier alpha value is -2.55. The van der Waals surface area contributed by atoms with Gasteiger partial charge < -0.3 is 4.40 Å². The van der Waals surface area contributed by atoms with Crippen molar-refractivity contribution in [1.29, 1.82) is 0 Å². The Morgan fingerprint density at radius 3 is 2.00 bits per heavy atom. The van der Waals surface area contributed by atoms with Crippen LogP contribution in [-0.2, 0) is 20.1 Å². The standard InChI is InChI=1S/C32H32N3.Ir/c1-3-12-22(13-4-1)24-19-11-20-25(23-14-5-2-6-15-23)30(24)32-34-33-31-28-18-8-7-16-26(28)27-17-9-10-21-29(27)35(31)32;/h7-11,16-17,19-23H,1-6,12-15H2;/q-1;. The van der Waals surface area contributed by atoms with Gasteiger partial charge in [-0.2, -0.15) is 5.10 Å². The van der Waals surface area contributed by atoms with Crippen LogP contribution in [0.5, 0.6) is 0 Å². The summed E-state index contributed by atoms with van der Waals surface area (Å²) in [5.74, 6) is 2.26. The zero-order valence-corrected chi connectivity index (χ0v) is 23.1. The molecular formula is C32H32IrN3-. The second kappa shape index (κ2) is 10.1. The molecule has 3 nitrogen and oxygen atoms in total. The first kappa shape index (κ1) is 23.8. The van der Waals surface area contributed by atoms with Crippen molar-refractivity contribution in [3.05, 3.63) is 77.9 Å². The molecule has 0 spiro atoms. The predicted octanol–water partition coefficient (Wildman–Crippen LogP) is 8.60. The van der Waals surface area contributed by atoms with E-state index in [1.165, 1.54) is 97.2 Å². The first-order valence-electron chi connectivity index (χ1n) is 13.6. The fourth-order valence-corrected chi connectivity index (χ4v) is 6.93. The van der Waals surface area contributed by atoms with E-state index in [1.807, 2.05) is 6.07 Å². The van der Waals surface area contributed by atoms with Crippen molar-refractivity contribution in [3.8, 4) is 11.4 Å². The summed E-state index contributed by atoms with van der Waals surface area (Å²) in [6.45, 7) is 0. The van der Waals surface area contributed by atoms with Crippen LogP contribution in [0.4, 0.5) is 0 Å². The van der Waals surface area contributed by atoms with Crippen molar-refractivity contribution in [2.45, 2.75) is 76.0 Å². The molecular weight excluding hydrogens is 619 g/mol. The molecule has 4 heteroatoms. The van der Waals surface area contributed by atoms with Crippen LogP contribution in [0.3, 0.4) is 0 Å². The summed E-state index contributed by atoms with van der Waals surface area (Å²) in [6.07, 6.45) is 13.2. The molecule has 0 aliphatic heterocycles. The Morgan fingerprint density at radius 1 is 0.667 bits per heavy atom. The largest absolute Gasteiger partial charge is 0.316 e. The summed E-state index contributed by atoms with van der Waals surface area (Å²) in [5, 5.41) is 13.3. The summed E-state index contributed by atoms with van der Waals surface area (Å²) in [4.78, 5) is 0. The molecule has 0 N–H and O–H groups in total. The number of pyridine rings is 1. The predicted molar refractivity (Wildman–Crippen MR) is 144 cm³/mol. The number of benzene rings is 3. The van der Waals surface area contributed by atoms with Gasteiger partial charge in [-0.3, -0.25) is 0 Å². The summed E-state index contributed by atoms with van der Waals surface area (Å²) >= 11 is 0. The molecule has 2 heterocycles. The molecule has 2 saturated carbocycles. The molecule has 2 fully saturated rings. The maximum absolute atomic E-state index is 4.97. The van der Waals surface area contributed by atoms with Crippen molar-refractivity contribution in [2.75, 3.05) is 0 Å². The molecule has 1 radical (unpaired) electrons. The van der Waals surface area contributed by atoms with Crippen LogP contribution in [-0.4, -0.2) is 14.6 Å².